The van der Waals surface area contributed by atoms with Gasteiger partial charge in [0.15, 0.2) is 24.8 Å². The summed E-state index contributed by atoms with van der Waals surface area (Å²) in [4.78, 5) is 74.3. The molecule has 0 aliphatic heterocycles. The number of alkyl carbamates (subject to hydrolysis) is 1. The molecule has 20 nitrogen and oxygen atoms in total. The Hall–Kier alpha value is -6.57. The Bertz CT molecular complexity index is 1920. The number of ketones is 2. The first kappa shape index (κ1) is 48.8. The van der Waals surface area contributed by atoms with E-state index in [1.807, 2.05) is 38.0 Å². The zero-order valence-corrected chi connectivity index (χ0v) is 35.8. The van der Waals surface area contributed by atoms with Gasteiger partial charge in [0, 0.05) is 59.3 Å². The van der Waals surface area contributed by atoms with E-state index in [0.29, 0.717) is 55.7 Å². The van der Waals surface area contributed by atoms with Gasteiger partial charge in [-0.15, -0.1) is 0 Å². The Kier molecular flexibility index (Phi) is 20.1. The predicted molar refractivity (Wildman–Crippen MR) is 225 cm³/mol. The summed E-state index contributed by atoms with van der Waals surface area (Å²) in [5, 5.41) is 15.4. The molecule has 0 spiro atoms. The zero-order valence-electron chi connectivity index (χ0n) is 35.8. The zero-order chi connectivity index (χ0) is 44.8. The molecule has 0 unspecified atom stereocenters. The van der Waals surface area contributed by atoms with Crippen molar-refractivity contribution in [1.82, 2.24) is 36.2 Å². The summed E-state index contributed by atoms with van der Waals surface area (Å²) in [6.45, 7) is 5.79. The van der Waals surface area contributed by atoms with Gasteiger partial charge in [-0.2, -0.15) is 0 Å². The fourth-order valence-corrected chi connectivity index (χ4v) is 5.19. The maximum absolute atomic E-state index is 12.8. The summed E-state index contributed by atoms with van der Waals surface area (Å²) in [7, 11) is 7.43. The quantitative estimate of drug-likeness (QED) is 0.0778. The lowest BCUT2D eigenvalue weighted by atomic mass is 10.0. The molecule has 0 saturated heterocycles. The van der Waals surface area contributed by atoms with Crippen molar-refractivity contribution in [3.05, 3.63) is 72.4 Å². The number of anilines is 2. The number of unbranched alkanes of at least 4 members (excludes halogenated alkanes) is 2. The van der Waals surface area contributed by atoms with E-state index in [1.165, 1.54) is 37.1 Å². The Labute approximate surface area is 355 Å². The molecule has 0 bridgehead atoms. The standard InChI is InChI=1S/C23H33N5O6.C18H25N5O4/c1-23(2,3)34-22(31)24-12-7-6-8-17(18(29)15-32-20-11-13-33-27-20)26-21(30)16-9-10-19(25-14-16)28(4)5;1-23(2)16-7-6-13(11-20-16)18(25)21-14(5-3-4-9-19)15(24)12-26-17-8-10-27-22-17/h9-11,13-14,17H,6-8,12,15H2,1-5H3,(H,24,31)(H,26,30);6-8,10-11,14H,3-5,9,12,19H2,1-2H3,(H,21,25)/t17-;14-/m00/s1. The Morgan fingerprint density at radius 2 is 1.15 bits per heavy atom. The van der Waals surface area contributed by atoms with Crippen molar-refractivity contribution in [3.8, 4) is 11.8 Å². The van der Waals surface area contributed by atoms with Crippen molar-refractivity contribution in [2.24, 2.45) is 5.73 Å². The van der Waals surface area contributed by atoms with Crippen LogP contribution >= 0.6 is 0 Å². The smallest absolute Gasteiger partial charge is 0.407 e. The third kappa shape index (κ3) is 18.5. The van der Waals surface area contributed by atoms with Crippen molar-refractivity contribution in [1.29, 1.82) is 0 Å². The van der Waals surface area contributed by atoms with E-state index in [4.69, 9.17) is 19.9 Å². The van der Waals surface area contributed by atoms with Gasteiger partial charge in [-0.25, -0.2) is 14.8 Å². The monoisotopic (exact) mass is 850 g/mol. The lowest BCUT2D eigenvalue weighted by Crippen LogP contribution is -2.43. The van der Waals surface area contributed by atoms with Crippen LogP contribution in [0.5, 0.6) is 11.8 Å². The van der Waals surface area contributed by atoms with E-state index in [2.05, 4.69) is 45.3 Å². The van der Waals surface area contributed by atoms with E-state index >= 15 is 0 Å². The minimum Gasteiger partial charge on any atom is -0.467 e. The van der Waals surface area contributed by atoms with E-state index in [-0.39, 0.29) is 42.4 Å². The average Bonchev–Trinajstić information content (AvgIpc) is 3.96. The summed E-state index contributed by atoms with van der Waals surface area (Å²) >= 11 is 0. The van der Waals surface area contributed by atoms with Crippen LogP contribution < -0.4 is 41.0 Å². The van der Waals surface area contributed by atoms with Crippen LogP contribution in [0.1, 0.15) is 80.0 Å². The number of amides is 3. The van der Waals surface area contributed by atoms with E-state index in [9.17, 15) is 24.0 Å². The van der Waals surface area contributed by atoms with Crippen LogP contribution in [0, 0.1) is 0 Å². The molecule has 4 aromatic heterocycles. The van der Waals surface area contributed by atoms with Gasteiger partial charge in [-0.1, -0.05) is 0 Å². The molecule has 0 saturated carbocycles. The van der Waals surface area contributed by atoms with Crippen molar-refractivity contribution in [3.63, 3.8) is 0 Å². The highest BCUT2D eigenvalue weighted by atomic mass is 16.6. The highest BCUT2D eigenvalue weighted by Crippen LogP contribution is 2.13. The molecule has 4 rings (SSSR count). The van der Waals surface area contributed by atoms with Crippen LogP contribution in [0.15, 0.2) is 70.4 Å². The number of pyridine rings is 2. The van der Waals surface area contributed by atoms with Gasteiger partial charge in [0.1, 0.15) is 29.8 Å². The second kappa shape index (κ2) is 25.1. The molecule has 4 aromatic rings. The molecule has 3 amide bonds. The molecule has 332 valence electrons. The largest absolute Gasteiger partial charge is 0.467 e. The third-order valence-electron chi connectivity index (χ3n) is 8.41. The number of carbonyl (C=O) groups is 5. The number of rotatable bonds is 23. The highest BCUT2D eigenvalue weighted by Gasteiger charge is 2.24. The fourth-order valence-electron chi connectivity index (χ4n) is 5.19. The Balaban J connectivity index is 0.000000334. The number of ether oxygens (including phenoxy) is 3. The fraction of sp³-hybridized carbons (Fsp3) is 0.488. The first-order chi connectivity index (χ1) is 29.1. The van der Waals surface area contributed by atoms with Gasteiger partial charge < -0.3 is 54.7 Å². The third-order valence-corrected chi connectivity index (χ3v) is 8.41. The first-order valence-electron chi connectivity index (χ1n) is 19.7. The Morgan fingerprint density at radius 3 is 1.51 bits per heavy atom. The summed E-state index contributed by atoms with van der Waals surface area (Å²) < 4.78 is 25.1. The predicted octanol–water partition coefficient (Wildman–Crippen LogP) is 3.59. The molecule has 2 atom stereocenters. The number of hydrogen-bond acceptors (Lipinski definition) is 17. The molecule has 0 aliphatic carbocycles. The SMILES string of the molecule is CN(C)c1ccc(C(=O)N[C@@H](CCCCN)C(=O)COc2ccon2)cn1.CN(C)c1ccc(C(=O)N[C@@H](CCCCNC(=O)OC(C)(C)C)C(=O)COc2ccon2)cn1. The molecule has 5 N–H and O–H groups in total. The second-order valence-electron chi connectivity index (χ2n) is 15.0. The van der Waals surface area contributed by atoms with Crippen LogP contribution in [0.25, 0.3) is 0 Å². The second-order valence-corrected chi connectivity index (χ2v) is 15.0. The summed E-state index contributed by atoms with van der Waals surface area (Å²) in [5.74, 6) is 0.522. The topological polar surface area (TPSA) is 259 Å². The average molecular weight is 851 g/mol. The molecule has 61 heavy (non-hydrogen) atoms. The van der Waals surface area contributed by atoms with Gasteiger partial charge >= 0.3 is 6.09 Å². The number of hydrogen-bond donors (Lipinski definition) is 4. The molecule has 0 fully saturated rings. The molecule has 0 radical (unpaired) electrons. The number of aromatic nitrogens is 4. The molecule has 0 aromatic carbocycles. The summed E-state index contributed by atoms with van der Waals surface area (Å²) in [6, 6.07) is 8.32. The minimum atomic E-state index is -0.783. The van der Waals surface area contributed by atoms with Crippen LogP contribution in [0.4, 0.5) is 16.4 Å². The number of carbonyl (C=O) groups excluding carboxylic acids is 5. The van der Waals surface area contributed by atoms with Gasteiger partial charge in [-0.05, 0) is 100 Å². The van der Waals surface area contributed by atoms with Gasteiger partial charge in [0.05, 0.1) is 23.2 Å². The number of nitrogens with zero attached hydrogens (tertiary/aromatic N) is 6. The van der Waals surface area contributed by atoms with Crippen LogP contribution in [0.2, 0.25) is 0 Å². The Morgan fingerprint density at radius 1 is 0.689 bits per heavy atom. The van der Waals surface area contributed by atoms with Gasteiger partial charge in [0.2, 0.25) is 0 Å². The minimum absolute atomic E-state index is 0.184. The van der Waals surface area contributed by atoms with E-state index < -0.39 is 29.7 Å². The summed E-state index contributed by atoms with van der Waals surface area (Å²) in [6.07, 6.45) is 8.64. The van der Waals surface area contributed by atoms with Crippen molar-refractivity contribution in [2.75, 3.05) is 64.3 Å². The van der Waals surface area contributed by atoms with Crippen molar-refractivity contribution < 1.29 is 47.2 Å². The van der Waals surface area contributed by atoms with E-state index in [0.717, 1.165) is 18.7 Å². The van der Waals surface area contributed by atoms with Crippen LogP contribution in [0.3, 0.4) is 0 Å². The number of Topliss-reactive ketones (excluding diaryl/α,β-unsaturated/α-hetero) is 2. The van der Waals surface area contributed by atoms with Crippen LogP contribution in [-0.2, 0) is 14.3 Å². The first-order valence-corrected chi connectivity index (χ1v) is 19.7. The molecule has 0 aliphatic rings. The maximum atomic E-state index is 12.8. The normalized spacial score (nSPS) is 11.8. The van der Waals surface area contributed by atoms with Crippen molar-refractivity contribution in [2.45, 2.75) is 77.0 Å². The molecule has 20 heteroatoms. The molecular formula is C41H58N10O10. The molecular weight excluding hydrogens is 793 g/mol. The van der Waals surface area contributed by atoms with Gasteiger partial charge in [-0.3, -0.25) is 19.2 Å². The highest BCUT2D eigenvalue weighted by molar-refractivity contribution is 5.99. The molecule has 4 heterocycles. The van der Waals surface area contributed by atoms with E-state index in [1.54, 1.807) is 45.0 Å². The number of nitrogens with two attached hydrogens (primary N) is 1. The lowest BCUT2D eigenvalue weighted by molar-refractivity contribution is -0.123. The number of nitrogens with one attached hydrogen (secondary N) is 3. The van der Waals surface area contributed by atoms with Gasteiger partial charge in [0.25, 0.3) is 23.6 Å². The maximum Gasteiger partial charge on any atom is 0.407 e. The van der Waals surface area contributed by atoms with Crippen LogP contribution in [-0.4, -0.2) is 122 Å². The summed E-state index contributed by atoms with van der Waals surface area (Å²) in [5.41, 5.74) is 5.67. The van der Waals surface area contributed by atoms with Crippen molar-refractivity contribution >= 4 is 41.1 Å². The lowest BCUT2D eigenvalue weighted by Gasteiger charge is -2.20.